The van der Waals surface area contributed by atoms with E-state index in [-0.39, 0.29) is 6.61 Å². The molecule has 1 rings (SSSR count). The van der Waals surface area contributed by atoms with Crippen molar-refractivity contribution in [1.82, 2.24) is 0 Å². The fraction of sp³-hybridized carbons (Fsp3) is 0.300. The van der Waals surface area contributed by atoms with Crippen LogP contribution in [0.4, 0.5) is 0 Å². The summed E-state index contributed by atoms with van der Waals surface area (Å²) < 4.78 is 16.9. The van der Waals surface area contributed by atoms with Gasteiger partial charge in [0.05, 0.1) is 6.61 Å². The third-order valence-corrected chi connectivity index (χ3v) is 4.33. The lowest BCUT2D eigenvalue weighted by Crippen LogP contribution is -1.97. The number of rotatable bonds is 5. The average Bonchev–Trinajstić information content (AvgIpc) is 2.27. The molecule has 2 unspecified atom stereocenters. The molecule has 1 aromatic rings. The van der Waals surface area contributed by atoms with Gasteiger partial charge in [-0.2, -0.15) is 4.99 Å². The number of halogens is 1. The van der Waals surface area contributed by atoms with E-state index in [1.54, 1.807) is 37.3 Å². The zero-order valence-electron chi connectivity index (χ0n) is 8.67. The number of hydrogen-bond acceptors (Lipinski definition) is 4. The molecular weight excluding hydrogens is 249 g/mol. The Balaban J connectivity index is 3.10. The zero-order chi connectivity index (χ0) is 12.0. The Hall–Kier alpha value is -0.920. The van der Waals surface area contributed by atoms with Crippen molar-refractivity contribution in [2.45, 2.75) is 12.7 Å². The van der Waals surface area contributed by atoms with Crippen molar-refractivity contribution in [2.75, 3.05) is 6.61 Å². The molecule has 86 valence electrons. The molecule has 2 atom stereocenters. The summed E-state index contributed by atoms with van der Waals surface area (Å²) in [4.78, 5) is 13.8. The standard InChI is InChI=1S/C10H11ClNO3P/c1-2-15-16(11,14)10(12-8-13)9-6-4-3-5-7-9/h3-7,10H,2H2,1H3. The molecule has 0 saturated heterocycles. The van der Waals surface area contributed by atoms with Crippen molar-refractivity contribution in [3.63, 3.8) is 0 Å². The van der Waals surface area contributed by atoms with Gasteiger partial charge in [0.1, 0.15) is 0 Å². The minimum Gasteiger partial charge on any atom is -0.316 e. The maximum Gasteiger partial charge on any atom is 0.319 e. The van der Waals surface area contributed by atoms with Crippen LogP contribution in [-0.2, 0) is 13.9 Å². The molecule has 0 amide bonds. The van der Waals surface area contributed by atoms with Crippen LogP contribution in [0, 0.1) is 0 Å². The van der Waals surface area contributed by atoms with Crippen molar-refractivity contribution in [2.24, 2.45) is 4.99 Å². The smallest absolute Gasteiger partial charge is 0.316 e. The van der Waals surface area contributed by atoms with Gasteiger partial charge < -0.3 is 4.52 Å². The monoisotopic (exact) mass is 259 g/mol. The van der Waals surface area contributed by atoms with Crippen LogP contribution >= 0.6 is 18.0 Å². The third kappa shape index (κ3) is 3.29. The van der Waals surface area contributed by atoms with Crippen LogP contribution in [0.1, 0.15) is 18.3 Å². The molecule has 0 aliphatic heterocycles. The fourth-order valence-electron chi connectivity index (χ4n) is 1.24. The SMILES string of the molecule is CCOP(=O)(Cl)C(N=C=O)c1ccccc1. The van der Waals surface area contributed by atoms with Crippen LogP contribution in [0.3, 0.4) is 0 Å². The minimum absolute atomic E-state index is 0.193. The molecule has 0 spiro atoms. The molecular formula is C10H11ClNO3P. The van der Waals surface area contributed by atoms with Crippen LogP contribution in [0.5, 0.6) is 0 Å². The molecule has 0 saturated carbocycles. The van der Waals surface area contributed by atoms with Crippen LogP contribution in [0.2, 0.25) is 0 Å². The van der Waals surface area contributed by atoms with Crippen molar-refractivity contribution in [3.05, 3.63) is 35.9 Å². The quantitative estimate of drug-likeness (QED) is 0.462. The first kappa shape index (κ1) is 13.1. The highest BCUT2D eigenvalue weighted by Crippen LogP contribution is 2.64. The van der Waals surface area contributed by atoms with Gasteiger partial charge in [-0.25, -0.2) is 4.79 Å². The number of hydrogen-bond donors (Lipinski definition) is 0. The first-order chi connectivity index (χ1) is 7.61. The average molecular weight is 260 g/mol. The molecule has 0 N–H and O–H groups in total. The summed E-state index contributed by atoms with van der Waals surface area (Å²) in [5.41, 5.74) is 0.567. The van der Waals surface area contributed by atoms with E-state index < -0.39 is 12.5 Å². The summed E-state index contributed by atoms with van der Waals surface area (Å²) in [6, 6.07) is 8.64. The number of isocyanates is 1. The topological polar surface area (TPSA) is 55.7 Å². The van der Waals surface area contributed by atoms with Crippen LogP contribution in [0.25, 0.3) is 0 Å². The molecule has 0 bridgehead atoms. The molecule has 16 heavy (non-hydrogen) atoms. The Morgan fingerprint density at radius 1 is 1.50 bits per heavy atom. The first-order valence-electron chi connectivity index (χ1n) is 4.67. The van der Waals surface area contributed by atoms with E-state index in [9.17, 15) is 9.36 Å². The molecule has 0 fully saturated rings. The minimum atomic E-state index is -3.50. The lowest BCUT2D eigenvalue weighted by Gasteiger charge is -2.16. The Morgan fingerprint density at radius 2 is 2.12 bits per heavy atom. The van der Waals surface area contributed by atoms with E-state index in [0.717, 1.165) is 0 Å². The van der Waals surface area contributed by atoms with Gasteiger partial charge in [-0.3, -0.25) is 4.57 Å². The molecule has 0 aliphatic carbocycles. The highest BCUT2D eigenvalue weighted by Gasteiger charge is 2.33. The lowest BCUT2D eigenvalue weighted by molar-refractivity contribution is 0.338. The van der Waals surface area contributed by atoms with Crippen molar-refractivity contribution >= 4 is 24.0 Å². The van der Waals surface area contributed by atoms with Gasteiger partial charge in [-0.05, 0) is 23.7 Å². The Bertz CT molecular complexity index is 431. The van der Waals surface area contributed by atoms with Gasteiger partial charge in [0.15, 0.2) is 5.78 Å². The summed E-state index contributed by atoms with van der Waals surface area (Å²) in [5, 5.41) is 0. The van der Waals surface area contributed by atoms with Crippen LogP contribution < -0.4 is 0 Å². The van der Waals surface area contributed by atoms with E-state index in [1.165, 1.54) is 6.08 Å². The van der Waals surface area contributed by atoms with Crippen LogP contribution in [0.15, 0.2) is 35.3 Å². The van der Waals surface area contributed by atoms with Crippen molar-refractivity contribution in [1.29, 1.82) is 0 Å². The molecule has 0 aliphatic rings. The van der Waals surface area contributed by atoms with Gasteiger partial charge in [-0.1, -0.05) is 30.3 Å². The third-order valence-electron chi connectivity index (χ3n) is 1.87. The van der Waals surface area contributed by atoms with Gasteiger partial charge in [0.25, 0.3) is 0 Å². The number of aliphatic imine (C=N–C) groups is 1. The second-order valence-corrected chi connectivity index (χ2v) is 6.15. The summed E-state index contributed by atoms with van der Waals surface area (Å²) in [5.74, 6) is -0.993. The number of carbonyl (C=O) groups excluding carboxylic acids is 1. The van der Waals surface area contributed by atoms with Gasteiger partial charge in [0.2, 0.25) is 6.08 Å². The maximum absolute atomic E-state index is 12.0. The predicted octanol–water partition coefficient (Wildman–Crippen LogP) is 3.49. The lowest BCUT2D eigenvalue weighted by atomic mass is 10.2. The van der Waals surface area contributed by atoms with Gasteiger partial charge in [0, 0.05) is 0 Å². The van der Waals surface area contributed by atoms with Crippen LogP contribution in [-0.4, -0.2) is 12.7 Å². The van der Waals surface area contributed by atoms with E-state index in [1.807, 2.05) is 0 Å². The Labute approximate surface area is 98.5 Å². The second-order valence-electron chi connectivity index (χ2n) is 2.94. The molecule has 0 radical (unpaired) electrons. The highest BCUT2D eigenvalue weighted by atomic mass is 35.7. The maximum atomic E-state index is 12.0. The normalized spacial score (nSPS) is 15.9. The molecule has 6 heteroatoms. The first-order valence-corrected chi connectivity index (χ1v) is 7.27. The predicted molar refractivity (Wildman–Crippen MR) is 62.4 cm³/mol. The highest BCUT2D eigenvalue weighted by molar-refractivity contribution is 7.85. The van der Waals surface area contributed by atoms with Crippen molar-refractivity contribution < 1.29 is 13.9 Å². The summed E-state index contributed by atoms with van der Waals surface area (Å²) in [6.45, 7) is -1.64. The molecule has 0 heterocycles. The number of benzene rings is 1. The summed E-state index contributed by atoms with van der Waals surface area (Å²) in [7, 11) is 0. The Morgan fingerprint density at radius 3 is 2.62 bits per heavy atom. The van der Waals surface area contributed by atoms with E-state index in [0.29, 0.717) is 5.56 Å². The van der Waals surface area contributed by atoms with E-state index in [4.69, 9.17) is 15.8 Å². The van der Waals surface area contributed by atoms with E-state index >= 15 is 0 Å². The number of nitrogens with zero attached hydrogens (tertiary/aromatic N) is 1. The molecule has 4 nitrogen and oxygen atoms in total. The molecule has 0 aromatic heterocycles. The molecule has 1 aromatic carbocycles. The second kappa shape index (κ2) is 5.97. The zero-order valence-corrected chi connectivity index (χ0v) is 10.3. The van der Waals surface area contributed by atoms with E-state index in [2.05, 4.69) is 4.99 Å². The summed E-state index contributed by atoms with van der Waals surface area (Å²) in [6.07, 6.45) is 1.37. The fourth-order valence-corrected chi connectivity index (χ4v) is 3.21. The van der Waals surface area contributed by atoms with Gasteiger partial charge >= 0.3 is 6.72 Å². The van der Waals surface area contributed by atoms with Crippen molar-refractivity contribution in [3.8, 4) is 0 Å². The van der Waals surface area contributed by atoms with Gasteiger partial charge in [-0.15, -0.1) is 0 Å². The summed E-state index contributed by atoms with van der Waals surface area (Å²) >= 11 is 5.78. The largest absolute Gasteiger partial charge is 0.319 e. The Kier molecular flexibility index (Phi) is 4.91.